The molecule has 5 nitrogen and oxygen atoms in total. The van der Waals surface area contributed by atoms with Crippen molar-refractivity contribution in [3.05, 3.63) is 29.8 Å². The van der Waals surface area contributed by atoms with E-state index in [1.54, 1.807) is 11.0 Å². The molecule has 0 saturated heterocycles. The van der Waals surface area contributed by atoms with E-state index < -0.39 is 0 Å². The second kappa shape index (κ2) is 8.19. The number of nitrogens with zero attached hydrogens (tertiary/aromatic N) is 1. The van der Waals surface area contributed by atoms with Crippen LogP contribution in [0.1, 0.15) is 31.1 Å². The van der Waals surface area contributed by atoms with Gasteiger partial charge >= 0.3 is 0 Å². The lowest BCUT2D eigenvalue weighted by atomic mass is 10.1. The van der Waals surface area contributed by atoms with Gasteiger partial charge in [-0.15, -0.1) is 0 Å². The van der Waals surface area contributed by atoms with Crippen LogP contribution in [-0.2, 0) is 4.79 Å². The first-order chi connectivity index (χ1) is 9.63. The molecule has 0 atom stereocenters. The summed E-state index contributed by atoms with van der Waals surface area (Å²) in [5.74, 6) is -0.265. The fraction of sp³-hybridized carbons (Fsp3) is 0.467. The highest BCUT2D eigenvalue weighted by molar-refractivity contribution is 6.01. The Kier molecular flexibility index (Phi) is 6.56. The summed E-state index contributed by atoms with van der Waals surface area (Å²) >= 11 is 0. The molecule has 2 N–H and O–H groups in total. The van der Waals surface area contributed by atoms with Gasteiger partial charge in [0, 0.05) is 25.3 Å². The zero-order chi connectivity index (χ0) is 15.0. The minimum Gasteiger partial charge on any atom is -0.385 e. The summed E-state index contributed by atoms with van der Waals surface area (Å²) in [6.07, 6.45) is 0. The van der Waals surface area contributed by atoms with E-state index in [-0.39, 0.29) is 18.4 Å². The standard InChI is InChI=1S/C15H23N3O2/c1-4-16-13-10-8-7-9-12(13)15(20)18(6-3)11-14(19)17-5-2/h7-10,16H,4-6,11H2,1-3H3,(H,17,19). The monoisotopic (exact) mass is 277 g/mol. The average molecular weight is 277 g/mol. The van der Waals surface area contributed by atoms with Crippen LogP contribution in [0.3, 0.4) is 0 Å². The van der Waals surface area contributed by atoms with Gasteiger partial charge in [-0.3, -0.25) is 9.59 Å². The van der Waals surface area contributed by atoms with Gasteiger partial charge in [0.1, 0.15) is 0 Å². The van der Waals surface area contributed by atoms with E-state index in [9.17, 15) is 9.59 Å². The second-order valence-electron chi connectivity index (χ2n) is 4.35. The van der Waals surface area contributed by atoms with Gasteiger partial charge in [0.25, 0.3) is 5.91 Å². The van der Waals surface area contributed by atoms with Crippen molar-refractivity contribution in [1.82, 2.24) is 10.2 Å². The molecule has 1 aromatic carbocycles. The summed E-state index contributed by atoms with van der Waals surface area (Å²) in [5.41, 5.74) is 1.40. The molecule has 110 valence electrons. The summed E-state index contributed by atoms with van der Waals surface area (Å²) in [7, 11) is 0. The number of carbonyl (C=O) groups excluding carboxylic acids is 2. The van der Waals surface area contributed by atoms with Gasteiger partial charge in [-0.25, -0.2) is 0 Å². The molecule has 0 unspecified atom stereocenters. The number of amides is 2. The molecule has 2 amide bonds. The van der Waals surface area contributed by atoms with Crippen molar-refractivity contribution in [3.8, 4) is 0 Å². The molecule has 0 aliphatic heterocycles. The van der Waals surface area contributed by atoms with Crippen molar-refractivity contribution < 1.29 is 9.59 Å². The van der Waals surface area contributed by atoms with Gasteiger partial charge < -0.3 is 15.5 Å². The number of rotatable bonds is 7. The van der Waals surface area contributed by atoms with Crippen molar-refractivity contribution in [2.24, 2.45) is 0 Å². The first kappa shape index (κ1) is 16.0. The summed E-state index contributed by atoms with van der Waals surface area (Å²) in [4.78, 5) is 25.7. The Balaban J connectivity index is 2.88. The number of carbonyl (C=O) groups is 2. The highest BCUT2D eigenvalue weighted by Crippen LogP contribution is 2.17. The lowest BCUT2D eigenvalue weighted by Crippen LogP contribution is -2.40. The Bertz CT molecular complexity index is 460. The molecule has 0 aliphatic carbocycles. The van der Waals surface area contributed by atoms with Gasteiger partial charge in [0.05, 0.1) is 12.1 Å². The van der Waals surface area contributed by atoms with Crippen LogP contribution in [0.5, 0.6) is 0 Å². The van der Waals surface area contributed by atoms with Crippen LogP contribution in [0.4, 0.5) is 5.69 Å². The van der Waals surface area contributed by atoms with E-state index >= 15 is 0 Å². The Labute approximate surface area is 120 Å². The minimum absolute atomic E-state index is 0.0869. The topological polar surface area (TPSA) is 61.4 Å². The van der Waals surface area contributed by atoms with Crippen LogP contribution in [0.25, 0.3) is 0 Å². The number of benzene rings is 1. The van der Waals surface area contributed by atoms with Gasteiger partial charge in [-0.2, -0.15) is 0 Å². The first-order valence-corrected chi connectivity index (χ1v) is 7.02. The molecule has 0 fully saturated rings. The molecular formula is C15H23N3O2. The van der Waals surface area contributed by atoms with Crippen molar-refractivity contribution in [2.75, 3.05) is 31.5 Å². The number of hydrogen-bond acceptors (Lipinski definition) is 3. The average Bonchev–Trinajstić information content (AvgIpc) is 2.45. The van der Waals surface area contributed by atoms with Gasteiger partial charge in [0.2, 0.25) is 5.91 Å². The lowest BCUT2D eigenvalue weighted by molar-refractivity contribution is -0.121. The third-order valence-corrected chi connectivity index (χ3v) is 2.90. The van der Waals surface area contributed by atoms with Crippen molar-refractivity contribution >= 4 is 17.5 Å². The van der Waals surface area contributed by atoms with Gasteiger partial charge in [-0.05, 0) is 32.9 Å². The number of para-hydroxylation sites is 1. The maximum absolute atomic E-state index is 12.5. The smallest absolute Gasteiger partial charge is 0.256 e. The normalized spacial score (nSPS) is 9.95. The van der Waals surface area contributed by atoms with Crippen LogP contribution in [-0.4, -0.2) is 42.9 Å². The summed E-state index contributed by atoms with van der Waals surface area (Å²) in [6.45, 7) is 7.60. The summed E-state index contributed by atoms with van der Waals surface area (Å²) in [5, 5.41) is 5.87. The third-order valence-electron chi connectivity index (χ3n) is 2.90. The van der Waals surface area contributed by atoms with Crippen LogP contribution >= 0.6 is 0 Å². The van der Waals surface area contributed by atoms with Gasteiger partial charge in [-0.1, -0.05) is 12.1 Å². The van der Waals surface area contributed by atoms with Crippen LogP contribution in [0, 0.1) is 0 Å². The molecule has 0 bridgehead atoms. The molecule has 1 rings (SSSR count). The lowest BCUT2D eigenvalue weighted by Gasteiger charge is -2.21. The predicted octanol–water partition coefficient (Wildman–Crippen LogP) is 1.72. The molecular weight excluding hydrogens is 254 g/mol. The van der Waals surface area contributed by atoms with Crippen LogP contribution < -0.4 is 10.6 Å². The Morgan fingerprint density at radius 2 is 1.80 bits per heavy atom. The van der Waals surface area contributed by atoms with E-state index in [1.165, 1.54) is 0 Å². The molecule has 0 aromatic heterocycles. The molecule has 20 heavy (non-hydrogen) atoms. The quantitative estimate of drug-likeness (QED) is 0.797. The van der Waals surface area contributed by atoms with Crippen molar-refractivity contribution in [1.29, 1.82) is 0 Å². The Morgan fingerprint density at radius 1 is 1.10 bits per heavy atom. The molecule has 0 radical (unpaired) electrons. The Morgan fingerprint density at radius 3 is 2.40 bits per heavy atom. The van der Waals surface area contributed by atoms with Crippen molar-refractivity contribution in [2.45, 2.75) is 20.8 Å². The fourth-order valence-corrected chi connectivity index (χ4v) is 1.94. The van der Waals surface area contributed by atoms with E-state index in [1.807, 2.05) is 39.0 Å². The number of hydrogen-bond donors (Lipinski definition) is 2. The maximum atomic E-state index is 12.5. The zero-order valence-electron chi connectivity index (χ0n) is 12.4. The molecule has 0 heterocycles. The van der Waals surface area contributed by atoms with E-state index in [2.05, 4.69) is 10.6 Å². The van der Waals surface area contributed by atoms with Crippen LogP contribution in [0.15, 0.2) is 24.3 Å². The second-order valence-corrected chi connectivity index (χ2v) is 4.35. The highest BCUT2D eigenvalue weighted by Gasteiger charge is 2.19. The molecule has 0 aliphatic rings. The summed E-state index contributed by atoms with van der Waals surface area (Å²) in [6, 6.07) is 7.36. The number of likely N-dealkylation sites (N-methyl/N-ethyl adjacent to an activating group) is 2. The van der Waals surface area contributed by atoms with E-state index in [0.29, 0.717) is 18.7 Å². The highest BCUT2D eigenvalue weighted by atomic mass is 16.2. The first-order valence-electron chi connectivity index (χ1n) is 7.02. The third kappa shape index (κ3) is 4.26. The zero-order valence-corrected chi connectivity index (χ0v) is 12.4. The SMILES string of the molecule is CCNC(=O)CN(CC)C(=O)c1ccccc1NCC. The number of anilines is 1. The molecule has 0 spiro atoms. The van der Waals surface area contributed by atoms with Gasteiger partial charge in [0.15, 0.2) is 0 Å². The summed E-state index contributed by atoms with van der Waals surface area (Å²) < 4.78 is 0. The van der Waals surface area contributed by atoms with E-state index in [4.69, 9.17) is 0 Å². The largest absolute Gasteiger partial charge is 0.385 e. The fourth-order valence-electron chi connectivity index (χ4n) is 1.94. The van der Waals surface area contributed by atoms with Crippen molar-refractivity contribution in [3.63, 3.8) is 0 Å². The Hall–Kier alpha value is -2.04. The molecule has 5 heteroatoms. The van der Waals surface area contributed by atoms with Crippen LogP contribution in [0.2, 0.25) is 0 Å². The molecule has 1 aromatic rings. The predicted molar refractivity (Wildman–Crippen MR) is 80.9 cm³/mol. The molecule has 0 saturated carbocycles. The maximum Gasteiger partial charge on any atom is 0.256 e. The van der Waals surface area contributed by atoms with E-state index in [0.717, 1.165) is 12.2 Å². The minimum atomic E-state index is -0.136. The number of nitrogens with one attached hydrogen (secondary N) is 2.